The number of hydrogen-bond donors (Lipinski definition) is 1. The van der Waals surface area contributed by atoms with E-state index in [0.717, 1.165) is 24.1 Å². The first-order chi connectivity index (χ1) is 11.2. The van der Waals surface area contributed by atoms with Crippen molar-refractivity contribution in [3.05, 3.63) is 35.4 Å². The number of carbonyl (C=O) groups is 1. The second kappa shape index (κ2) is 7.53. The molecule has 0 bridgehead atoms. The van der Waals surface area contributed by atoms with Gasteiger partial charge in [0.05, 0.1) is 25.2 Å². The number of rotatable bonds is 5. The van der Waals surface area contributed by atoms with Crippen molar-refractivity contribution in [2.75, 3.05) is 19.8 Å². The lowest BCUT2D eigenvalue weighted by atomic mass is 9.84. The molecule has 1 amide bonds. The maximum Gasteiger partial charge on any atom is 0.416 e. The van der Waals surface area contributed by atoms with Crippen molar-refractivity contribution in [3.8, 4) is 0 Å². The van der Waals surface area contributed by atoms with E-state index in [1.54, 1.807) is 0 Å². The first-order valence-corrected chi connectivity index (χ1v) is 7.86. The molecule has 1 aromatic rings. The Balaban J connectivity index is 1.89. The lowest BCUT2D eigenvalue weighted by molar-refractivity contribution is -0.183. The average molecular weight is 345 g/mol. The molecule has 1 aromatic carbocycles. The van der Waals surface area contributed by atoms with Crippen molar-refractivity contribution in [3.63, 3.8) is 0 Å². The Kier molecular flexibility index (Phi) is 5.87. The van der Waals surface area contributed by atoms with Crippen molar-refractivity contribution >= 4 is 5.91 Å². The Bertz CT molecular complexity index is 549. The largest absolute Gasteiger partial charge is 0.416 e. The predicted octanol–water partition coefficient (Wildman–Crippen LogP) is 3.25. The van der Waals surface area contributed by atoms with E-state index >= 15 is 0 Å². The van der Waals surface area contributed by atoms with Gasteiger partial charge in [-0.3, -0.25) is 4.79 Å². The number of ether oxygens (including phenoxy) is 2. The van der Waals surface area contributed by atoms with Crippen molar-refractivity contribution < 1.29 is 27.4 Å². The van der Waals surface area contributed by atoms with Crippen LogP contribution in [0.5, 0.6) is 0 Å². The number of benzene rings is 1. The lowest BCUT2D eigenvalue weighted by Crippen LogP contribution is -2.39. The van der Waals surface area contributed by atoms with E-state index in [1.165, 1.54) is 12.1 Å². The zero-order chi connectivity index (χ0) is 17.8. The van der Waals surface area contributed by atoms with Gasteiger partial charge in [0.15, 0.2) is 6.29 Å². The number of amides is 1. The number of nitrogens with one attached hydrogen (secondary N) is 1. The zero-order valence-corrected chi connectivity index (χ0v) is 13.8. The Labute approximate surface area is 139 Å². The van der Waals surface area contributed by atoms with Crippen molar-refractivity contribution in [1.82, 2.24) is 5.32 Å². The van der Waals surface area contributed by atoms with Gasteiger partial charge in [-0.25, -0.2) is 0 Å². The molecule has 24 heavy (non-hydrogen) atoms. The van der Waals surface area contributed by atoms with Crippen molar-refractivity contribution in [2.45, 2.75) is 44.6 Å². The molecular formula is C17H22F3NO3. The summed E-state index contributed by atoms with van der Waals surface area (Å²) in [6.07, 6.45) is -3.94. The van der Waals surface area contributed by atoms with Crippen LogP contribution in [0.3, 0.4) is 0 Å². The number of halogens is 3. The predicted molar refractivity (Wildman–Crippen MR) is 82.4 cm³/mol. The fourth-order valence-corrected chi connectivity index (χ4v) is 2.41. The van der Waals surface area contributed by atoms with Gasteiger partial charge in [0.2, 0.25) is 5.91 Å². The van der Waals surface area contributed by atoms with E-state index in [1.807, 2.05) is 13.8 Å². The van der Waals surface area contributed by atoms with Gasteiger partial charge in [0.1, 0.15) is 0 Å². The summed E-state index contributed by atoms with van der Waals surface area (Å²) in [5, 5.41) is 2.79. The molecule has 0 radical (unpaired) electrons. The summed E-state index contributed by atoms with van der Waals surface area (Å²) in [6.45, 7) is 5.20. The van der Waals surface area contributed by atoms with Gasteiger partial charge in [0, 0.05) is 12.0 Å². The van der Waals surface area contributed by atoms with Crippen LogP contribution in [0, 0.1) is 0 Å². The smallest absolute Gasteiger partial charge is 0.355 e. The van der Waals surface area contributed by atoms with Gasteiger partial charge in [-0.2, -0.15) is 13.2 Å². The third kappa shape index (κ3) is 5.21. The van der Waals surface area contributed by atoms with Crippen LogP contribution >= 0.6 is 0 Å². The van der Waals surface area contributed by atoms with Crippen molar-refractivity contribution in [2.24, 2.45) is 0 Å². The molecule has 1 aliphatic heterocycles. The highest BCUT2D eigenvalue weighted by Gasteiger charge is 2.31. The fourth-order valence-electron chi connectivity index (χ4n) is 2.41. The molecule has 1 saturated heterocycles. The van der Waals surface area contributed by atoms with Crippen molar-refractivity contribution in [1.29, 1.82) is 0 Å². The highest BCUT2D eigenvalue weighted by Crippen LogP contribution is 2.31. The lowest BCUT2D eigenvalue weighted by Gasteiger charge is -2.27. The molecule has 0 aromatic heterocycles. The maximum atomic E-state index is 12.6. The van der Waals surface area contributed by atoms with E-state index < -0.39 is 23.4 Å². The molecule has 2 rings (SSSR count). The van der Waals surface area contributed by atoms with E-state index in [-0.39, 0.29) is 12.3 Å². The molecule has 1 N–H and O–H groups in total. The van der Waals surface area contributed by atoms with E-state index in [9.17, 15) is 18.0 Å². The van der Waals surface area contributed by atoms with Crippen LogP contribution in [0.2, 0.25) is 0 Å². The van der Waals surface area contributed by atoms with Gasteiger partial charge >= 0.3 is 6.18 Å². The summed E-state index contributed by atoms with van der Waals surface area (Å²) in [5.41, 5.74) is -0.452. The molecule has 0 aliphatic carbocycles. The van der Waals surface area contributed by atoms with Crippen LogP contribution in [0.1, 0.15) is 37.8 Å². The minimum atomic E-state index is -4.35. The highest BCUT2D eigenvalue weighted by molar-refractivity contribution is 5.76. The fraction of sp³-hybridized carbons (Fsp3) is 0.588. The molecule has 7 heteroatoms. The quantitative estimate of drug-likeness (QED) is 0.891. The highest BCUT2D eigenvalue weighted by atomic mass is 19.4. The molecule has 0 saturated carbocycles. The first kappa shape index (κ1) is 18.7. The third-order valence-corrected chi connectivity index (χ3v) is 3.97. The van der Waals surface area contributed by atoms with Crippen LogP contribution in [0.25, 0.3) is 0 Å². The SMILES string of the molecule is CC(C)(CNC(=O)CC1OCCCO1)c1ccc(C(F)(F)F)cc1. The van der Waals surface area contributed by atoms with Gasteiger partial charge in [0.25, 0.3) is 0 Å². The van der Waals surface area contributed by atoms with Gasteiger partial charge in [-0.1, -0.05) is 26.0 Å². The first-order valence-electron chi connectivity index (χ1n) is 7.86. The summed E-state index contributed by atoms with van der Waals surface area (Å²) in [4.78, 5) is 12.0. The molecule has 1 heterocycles. The maximum absolute atomic E-state index is 12.6. The normalized spacial score (nSPS) is 16.9. The minimum Gasteiger partial charge on any atom is -0.355 e. The van der Waals surface area contributed by atoms with Crippen LogP contribution < -0.4 is 5.32 Å². The second-order valence-corrected chi connectivity index (χ2v) is 6.46. The molecule has 1 aliphatic rings. The molecular weight excluding hydrogens is 323 g/mol. The molecule has 4 nitrogen and oxygen atoms in total. The van der Waals surface area contributed by atoms with Crippen LogP contribution in [0.15, 0.2) is 24.3 Å². The van der Waals surface area contributed by atoms with E-state index in [2.05, 4.69) is 5.32 Å². The standard InChI is InChI=1S/C17H22F3NO3/c1-16(2,12-4-6-13(7-5-12)17(18,19)20)11-21-14(22)10-15-23-8-3-9-24-15/h4-7,15H,3,8-11H2,1-2H3,(H,21,22). The molecule has 0 unspecified atom stereocenters. The van der Waals surface area contributed by atoms with E-state index in [0.29, 0.717) is 19.8 Å². The Morgan fingerprint density at radius 2 is 1.67 bits per heavy atom. The number of alkyl halides is 3. The number of hydrogen-bond acceptors (Lipinski definition) is 3. The van der Waals surface area contributed by atoms with Gasteiger partial charge < -0.3 is 14.8 Å². The summed E-state index contributed by atoms with van der Waals surface area (Å²) < 4.78 is 48.5. The topological polar surface area (TPSA) is 47.6 Å². The van der Waals surface area contributed by atoms with Gasteiger partial charge in [-0.05, 0) is 24.1 Å². The Hall–Kier alpha value is -1.60. The zero-order valence-electron chi connectivity index (χ0n) is 13.8. The number of carbonyl (C=O) groups excluding carboxylic acids is 1. The molecule has 0 atom stereocenters. The summed E-state index contributed by atoms with van der Waals surface area (Å²) in [7, 11) is 0. The van der Waals surface area contributed by atoms with E-state index in [4.69, 9.17) is 9.47 Å². The van der Waals surface area contributed by atoms with Gasteiger partial charge in [-0.15, -0.1) is 0 Å². The summed E-state index contributed by atoms with van der Waals surface area (Å²) in [5.74, 6) is -0.207. The monoisotopic (exact) mass is 345 g/mol. The van der Waals surface area contributed by atoms with Crippen LogP contribution in [0.4, 0.5) is 13.2 Å². The molecule has 0 spiro atoms. The summed E-state index contributed by atoms with van der Waals surface area (Å²) >= 11 is 0. The molecule has 134 valence electrons. The second-order valence-electron chi connectivity index (χ2n) is 6.46. The average Bonchev–Trinajstić information content (AvgIpc) is 2.53. The third-order valence-electron chi connectivity index (χ3n) is 3.97. The minimum absolute atomic E-state index is 0.114. The Morgan fingerprint density at radius 1 is 1.12 bits per heavy atom. The Morgan fingerprint density at radius 3 is 2.21 bits per heavy atom. The van der Waals surface area contributed by atoms with Crippen LogP contribution in [-0.2, 0) is 25.9 Å². The summed E-state index contributed by atoms with van der Waals surface area (Å²) in [6, 6.07) is 5.01. The van der Waals surface area contributed by atoms with Crippen LogP contribution in [-0.4, -0.2) is 32.0 Å². The molecule has 1 fully saturated rings.